The first-order chi connectivity index (χ1) is 11.8. The van der Waals surface area contributed by atoms with E-state index in [0.717, 1.165) is 44.8 Å². The molecule has 0 aliphatic carbocycles. The first-order valence-corrected chi connectivity index (χ1v) is 7.85. The fourth-order valence-electron chi connectivity index (χ4n) is 2.94. The number of rotatable bonds is 0. The number of H-pyrrole nitrogens is 2. The van der Waals surface area contributed by atoms with Crippen molar-refractivity contribution in [1.82, 2.24) is 19.9 Å². The molecule has 3 aromatic rings. The number of aromatic nitrogens is 4. The molecule has 5 heterocycles. The zero-order valence-corrected chi connectivity index (χ0v) is 16.2. The maximum atomic E-state index is 4.63. The summed E-state index contributed by atoms with van der Waals surface area (Å²) in [7, 11) is 0. The molecule has 3 aromatic heterocycles. The predicted molar refractivity (Wildman–Crippen MR) is 105 cm³/mol. The third-order valence-electron chi connectivity index (χ3n) is 4.04. The minimum atomic E-state index is 0. The van der Waals surface area contributed by atoms with Crippen LogP contribution in [0.5, 0.6) is 0 Å². The summed E-state index contributed by atoms with van der Waals surface area (Å²) in [6.45, 7) is 0. The van der Waals surface area contributed by atoms with E-state index in [-0.39, 0.29) is 23.9 Å². The van der Waals surface area contributed by atoms with Gasteiger partial charge < -0.3 is 9.97 Å². The second-order valence-electron chi connectivity index (χ2n) is 5.91. The maximum absolute atomic E-state index is 4.63. The first kappa shape index (κ1) is 15.9. The standard InChI is InChI=1S/C20H14N4.Sn/c1-2-14-10-16-5-6-18(23-16)12-20-8-7-19(24-20)11-17-4-3-15(22-17)9-13(1)21-14;/h1-12,21,24H;/q;+4. The van der Waals surface area contributed by atoms with Crippen molar-refractivity contribution in [3.63, 3.8) is 0 Å². The van der Waals surface area contributed by atoms with E-state index < -0.39 is 0 Å². The van der Waals surface area contributed by atoms with Crippen molar-refractivity contribution >= 4 is 70.3 Å². The monoisotopic (exact) mass is 430 g/mol. The molecule has 5 heteroatoms. The smallest absolute Gasteiger partial charge is 0.355 e. The molecule has 0 spiro atoms. The Hall–Kier alpha value is -2.60. The van der Waals surface area contributed by atoms with Gasteiger partial charge in [0, 0.05) is 22.1 Å². The van der Waals surface area contributed by atoms with Crippen molar-refractivity contribution in [2.24, 2.45) is 0 Å². The number of aromatic amines is 2. The van der Waals surface area contributed by atoms with Gasteiger partial charge in [-0.2, -0.15) is 0 Å². The predicted octanol–water partition coefficient (Wildman–Crippen LogP) is 4.27. The quantitative estimate of drug-likeness (QED) is 0.362. The summed E-state index contributed by atoms with van der Waals surface area (Å²) in [5.74, 6) is 0. The number of fused-ring (bicyclic) bond motifs is 8. The van der Waals surface area contributed by atoms with E-state index in [1.54, 1.807) is 0 Å². The Labute approximate surface area is 161 Å². The summed E-state index contributed by atoms with van der Waals surface area (Å²) in [6.07, 6.45) is 8.09. The summed E-state index contributed by atoms with van der Waals surface area (Å²) in [5.41, 5.74) is 7.86. The minimum absolute atomic E-state index is 0. The molecule has 4 nitrogen and oxygen atoms in total. The van der Waals surface area contributed by atoms with Crippen molar-refractivity contribution in [3.8, 4) is 0 Å². The Balaban J connectivity index is 0.00000157. The van der Waals surface area contributed by atoms with E-state index in [4.69, 9.17) is 0 Å². The Kier molecular flexibility index (Phi) is 4.05. The van der Waals surface area contributed by atoms with Crippen LogP contribution in [-0.4, -0.2) is 43.8 Å². The van der Waals surface area contributed by atoms with Crippen LogP contribution in [0, 0.1) is 0 Å². The molecule has 2 aliphatic heterocycles. The van der Waals surface area contributed by atoms with Crippen LogP contribution in [0.1, 0.15) is 22.8 Å². The van der Waals surface area contributed by atoms with Crippen LogP contribution in [-0.2, 0) is 0 Å². The molecule has 0 atom stereocenters. The zero-order chi connectivity index (χ0) is 15.9. The van der Waals surface area contributed by atoms with Crippen molar-refractivity contribution in [2.45, 2.75) is 0 Å². The molecule has 2 N–H and O–H groups in total. The van der Waals surface area contributed by atoms with Crippen LogP contribution < -0.4 is 0 Å². The average Bonchev–Trinajstić information content (AvgIpc) is 3.32. The van der Waals surface area contributed by atoms with Crippen LogP contribution in [0.4, 0.5) is 0 Å². The molecule has 0 unspecified atom stereocenters. The molecule has 0 amide bonds. The largest absolute Gasteiger partial charge is 4.00 e. The Morgan fingerprint density at radius 2 is 0.760 bits per heavy atom. The number of nitrogens with zero attached hydrogens (tertiary/aromatic N) is 2. The zero-order valence-electron chi connectivity index (χ0n) is 13.3. The van der Waals surface area contributed by atoms with E-state index in [9.17, 15) is 0 Å². The van der Waals surface area contributed by atoms with Crippen LogP contribution >= 0.6 is 0 Å². The van der Waals surface area contributed by atoms with Crippen molar-refractivity contribution in [3.05, 3.63) is 71.3 Å². The first-order valence-electron chi connectivity index (χ1n) is 7.85. The van der Waals surface area contributed by atoms with Gasteiger partial charge in [0.15, 0.2) is 0 Å². The van der Waals surface area contributed by atoms with Crippen LogP contribution in [0.15, 0.2) is 48.5 Å². The number of nitrogens with one attached hydrogen (secondary N) is 2. The van der Waals surface area contributed by atoms with Crippen molar-refractivity contribution in [1.29, 1.82) is 0 Å². The molecule has 0 saturated carbocycles. The minimum Gasteiger partial charge on any atom is -0.355 e. The van der Waals surface area contributed by atoms with Gasteiger partial charge in [0.1, 0.15) is 0 Å². The molecular weight excluding hydrogens is 415 g/mol. The molecule has 0 aromatic carbocycles. The van der Waals surface area contributed by atoms with Crippen LogP contribution in [0.2, 0.25) is 0 Å². The number of hydrogen-bond donors (Lipinski definition) is 2. The second kappa shape index (κ2) is 6.37. The van der Waals surface area contributed by atoms with Gasteiger partial charge in [-0.1, -0.05) is 0 Å². The van der Waals surface area contributed by atoms with E-state index >= 15 is 0 Å². The van der Waals surface area contributed by atoms with Gasteiger partial charge in [-0.25, -0.2) is 9.97 Å². The molecule has 114 valence electrons. The number of hydrogen-bond acceptors (Lipinski definition) is 2. The van der Waals surface area contributed by atoms with Gasteiger partial charge in [0.05, 0.1) is 22.8 Å². The summed E-state index contributed by atoms with van der Waals surface area (Å²) in [4.78, 5) is 16.0. The normalized spacial score (nSPS) is 12.2. The van der Waals surface area contributed by atoms with E-state index in [1.807, 2.05) is 48.6 Å². The molecule has 2 aliphatic rings. The fraction of sp³-hybridized carbons (Fsp3) is 0. The molecule has 0 radical (unpaired) electrons. The van der Waals surface area contributed by atoms with E-state index in [2.05, 4.69) is 44.2 Å². The Morgan fingerprint density at radius 3 is 1.04 bits per heavy atom. The molecule has 5 rings (SSSR count). The summed E-state index contributed by atoms with van der Waals surface area (Å²) < 4.78 is 0. The SMILES string of the molecule is C1=Cc2cc3ccc(cc4nc(cc5ccc(cc1n2)[nH]5)C=C4)[nH]3.[Sn+4]. The molecule has 8 bridgehead atoms. The topological polar surface area (TPSA) is 57.4 Å². The van der Waals surface area contributed by atoms with Crippen LogP contribution in [0.25, 0.3) is 46.4 Å². The van der Waals surface area contributed by atoms with Gasteiger partial charge in [-0.15, -0.1) is 0 Å². The van der Waals surface area contributed by atoms with E-state index in [0.29, 0.717) is 0 Å². The summed E-state index contributed by atoms with van der Waals surface area (Å²) in [5, 5.41) is 0. The Bertz CT molecular complexity index is 990. The van der Waals surface area contributed by atoms with Gasteiger partial charge in [0.2, 0.25) is 0 Å². The third kappa shape index (κ3) is 3.30. The van der Waals surface area contributed by atoms with Gasteiger partial charge >= 0.3 is 23.9 Å². The van der Waals surface area contributed by atoms with Gasteiger partial charge in [0.25, 0.3) is 0 Å². The summed E-state index contributed by atoms with van der Waals surface area (Å²) >= 11 is 0. The third-order valence-corrected chi connectivity index (χ3v) is 4.04. The average molecular weight is 429 g/mol. The summed E-state index contributed by atoms with van der Waals surface area (Å²) in [6, 6.07) is 16.4. The van der Waals surface area contributed by atoms with Crippen molar-refractivity contribution < 1.29 is 0 Å². The Morgan fingerprint density at radius 1 is 0.480 bits per heavy atom. The van der Waals surface area contributed by atoms with Gasteiger partial charge in [-0.3, -0.25) is 0 Å². The maximum Gasteiger partial charge on any atom is 4.00 e. The van der Waals surface area contributed by atoms with E-state index in [1.165, 1.54) is 0 Å². The second-order valence-corrected chi connectivity index (χ2v) is 5.91. The van der Waals surface area contributed by atoms with Crippen molar-refractivity contribution in [2.75, 3.05) is 0 Å². The fourth-order valence-corrected chi connectivity index (χ4v) is 2.94. The van der Waals surface area contributed by atoms with Crippen LogP contribution in [0.3, 0.4) is 0 Å². The molecule has 0 saturated heterocycles. The molecule has 0 fully saturated rings. The van der Waals surface area contributed by atoms with Gasteiger partial charge in [-0.05, 0) is 72.8 Å². The molecule has 25 heavy (non-hydrogen) atoms. The molecular formula is C20H14N4Sn+4.